The van der Waals surface area contributed by atoms with E-state index >= 15 is 0 Å². The van der Waals surface area contributed by atoms with Gasteiger partial charge in [0.1, 0.15) is 5.60 Å². The molecule has 8 heteroatoms. The quantitative estimate of drug-likeness (QED) is 0.250. The number of likely N-dealkylation sites (N-methyl/N-ethyl adjacent to an activating group) is 2. The van der Waals surface area contributed by atoms with Gasteiger partial charge in [-0.3, -0.25) is 9.36 Å². The zero-order chi connectivity index (χ0) is 25.0. The van der Waals surface area contributed by atoms with Crippen LogP contribution in [0.5, 0.6) is 0 Å². The average Bonchev–Trinajstić information content (AvgIpc) is 3.36. The Morgan fingerprint density at radius 1 is 1.03 bits per heavy atom. The minimum absolute atomic E-state index is 0.0138. The van der Waals surface area contributed by atoms with Crippen LogP contribution >= 0.6 is 7.44 Å². The number of ether oxygens (including phenoxy) is 1. The summed E-state index contributed by atoms with van der Waals surface area (Å²) in [6, 6.07) is 0.718. The van der Waals surface area contributed by atoms with Gasteiger partial charge in [0.25, 0.3) is 0 Å². The molecule has 0 aromatic heterocycles. The molecular formula is C25H47N2O4PSi. The first-order valence-corrected chi connectivity index (χ1v) is 17.2. The molecule has 2 saturated carbocycles. The third-order valence-electron chi connectivity index (χ3n) is 8.41. The van der Waals surface area contributed by atoms with Gasteiger partial charge in [0.05, 0.1) is 5.92 Å². The van der Waals surface area contributed by atoms with E-state index in [9.17, 15) is 9.36 Å². The highest BCUT2D eigenvalue weighted by Crippen LogP contribution is 2.64. The first-order chi connectivity index (χ1) is 15.0. The van der Waals surface area contributed by atoms with Crippen LogP contribution in [0.3, 0.4) is 0 Å². The van der Waals surface area contributed by atoms with E-state index in [1.54, 1.807) is 0 Å². The van der Waals surface area contributed by atoms with E-state index in [2.05, 4.69) is 43.2 Å². The summed E-state index contributed by atoms with van der Waals surface area (Å²) in [5.41, 5.74) is -0.521. The lowest BCUT2D eigenvalue weighted by molar-refractivity contribution is -0.157. The van der Waals surface area contributed by atoms with E-state index in [1.807, 2.05) is 46.8 Å². The number of fused-ring (bicyclic) bond motifs is 1. The van der Waals surface area contributed by atoms with Gasteiger partial charge in [0, 0.05) is 30.4 Å². The third-order valence-corrected chi connectivity index (χ3v) is 15.9. The zero-order valence-corrected chi connectivity index (χ0v) is 24.4. The van der Waals surface area contributed by atoms with Crippen LogP contribution < -0.4 is 0 Å². The number of nitrogens with zero attached hydrogens (tertiary/aromatic N) is 2. The van der Waals surface area contributed by atoms with Crippen molar-refractivity contribution < 1.29 is 18.5 Å². The molecule has 0 bridgehead atoms. The lowest BCUT2D eigenvalue weighted by Crippen LogP contribution is -2.41. The molecule has 3 fully saturated rings. The number of carbonyl (C=O) groups is 1. The summed E-state index contributed by atoms with van der Waals surface area (Å²) in [7, 11) is -0.679. The van der Waals surface area contributed by atoms with Gasteiger partial charge < -0.3 is 9.16 Å². The molecule has 0 aromatic rings. The molecule has 190 valence electrons. The Morgan fingerprint density at radius 3 is 2.00 bits per heavy atom. The monoisotopic (exact) mass is 498 g/mol. The Balaban J connectivity index is 1.77. The predicted molar refractivity (Wildman–Crippen MR) is 138 cm³/mol. The van der Waals surface area contributed by atoms with Crippen LogP contribution in [0.1, 0.15) is 67.2 Å². The molecule has 3 aliphatic rings. The number of hydrogen-bond donors (Lipinski definition) is 0. The van der Waals surface area contributed by atoms with Crippen molar-refractivity contribution in [1.82, 2.24) is 9.34 Å². The fraction of sp³-hybridized carbons (Fsp3) is 0.880. The number of esters is 1. The zero-order valence-electron chi connectivity index (χ0n) is 22.6. The van der Waals surface area contributed by atoms with E-state index in [0.717, 1.165) is 12.8 Å². The maximum absolute atomic E-state index is 14.1. The van der Waals surface area contributed by atoms with Gasteiger partial charge in [-0.25, -0.2) is 9.34 Å². The summed E-state index contributed by atoms with van der Waals surface area (Å²) in [4.78, 5) is 13.0. The van der Waals surface area contributed by atoms with E-state index < -0.39 is 21.4 Å². The molecule has 6 nitrogen and oxygen atoms in total. The molecule has 0 aromatic carbocycles. The SMILES string of the molecule is CN1[C@@H]2CCCC[C@H]2N(C)P1(=O)/C=C/[C@@H]1[C@H](CO[Si](C)(C)C(C)(C)C)[C@H]1C(=O)OC(C)(C)C. The number of carbonyl (C=O) groups excluding carboxylic acids is 1. The van der Waals surface area contributed by atoms with Gasteiger partial charge in [-0.1, -0.05) is 39.7 Å². The average molecular weight is 499 g/mol. The molecule has 2 aliphatic carbocycles. The molecular weight excluding hydrogens is 451 g/mol. The molecule has 5 atom stereocenters. The van der Waals surface area contributed by atoms with Gasteiger partial charge >= 0.3 is 5.97 Å². The summed E-state index contributed by atoms with van der Waals surface area (Å²) in [6.07, 6.45) is 6.67. The maximum Gasteiger partial charge on any atom is 0.310 e. The van der Waals surface area contributed by atoms with Crippen molar-refractivity contribution in [1.29, 1.82) is 0 Å². The van der Waals surface area contributed by atoms with Gasteiger partial charge in [-0.2, -0.15) is 0 Å². The predicted octanol–water partition coefficient (Wildman–Crippen LogP) is 6.11. The Morgan fingerprint density at radius 2 is 1.55 bits per heavy atom. The molecule has 1 aliphatic heterocycles. The van der Waals surface area contributed by atoms with Gasteiger partial charge in [0.2, 0.25) is 7.44 Å². The maximum atomic E-state index is 14.1. The largest absolute Gasteiger partial charge is 0.460 e. The van der Waals surface area contributed by atoms with Crippen molar-refractivity contribution in [2.24, 2.45) is 17.8 Å². The summed E-state index contributed by atoms with van der Waals surface area (Å²) >= 11 is 0. The molecule has 0 amide bonds. The summed E-state index contributed by atoms with van der Waals surface area (Å²) in [5.74, 6) is 1.62. The molecule has 1 heterocycles. The van der Waals surface area contributed by atoms with Crippen LogP contribution in [0.4, 0.5) is 0 Å². The van der Waals surface area contributed by atoms with E-state index in [1.165, 1.54) is 12.8 Å². The highest BCUT2D eigenvalue weighted by Gasteiger charge is 2.57. The minimum Gasteiger partial charge on any atom is -0.460 e. The second-order valence-electron chi connectivity index (χ2n) is 12.9. The molecule has 0 unspecified atom stereocenters. The van der Waals surface area contributed by atoms with Crippen LogP contribution in [0.2, 0.25) is 18.1 Å². The fourth-order valence-corrected chi connectivity index (χ4v) is 8.85. The number of allylic oxidation sites excluding steroid dienone is 1. The first-order valence-electron chi connectivity index (χ1n) is 12.6. The molecule has 0 radical (unpaired) electrons. The Hall–Kier alpha value is -0.463. The van der Waals surface area contributed by atoms with Crippen LogP contribution in [-0.4, -0.2) is 62.0 Å². The normalized spacial score (nSPS) is 33.3. The highest BCUT2D eigenvalue weighted by atomic mass is 31.2. The molecule has 0 N–H and O–H groups in total. The smallest absolute Gasteiger partial charge is 0.310 e. The van der Waals surface area contributed by atoms with Crippen molar-refractivity contribution in [2.75, 3.05) is 20.7 Å². The Labute approximate surface area is 203 Å². The van der Waals surface area contributed by atoms with Crippen molar-refractivity contribution in [3.63, 3.8) is 0 Å². The second-order valence-corrected chi connectivity index (χ2v) is 20.4. The fourth-order valence-electron chi connectivity index (χ4n) is 5.13. The second kappa shape index (κ2) is 9.20. The molecule has 3 rings (SSSR count). The summed E-state index contributed by atoms with van der Waals surface area (Å²) < 4.78 is 30.5. The van der Waals surface area contributed by atoms with Gasteiger partial charge in [0.15, 0.2) is 8.32 Å². The van der Waals surface area contributed by atoms with Crippen molar-refractivity contribution >= 4 is 21.7 Å². The molecule has 1 saturated heterocycles. The molecule has 0 spiro atoms. The molecule has 33 heavy (non-hydrogen) atoms. The first kappa shape index (κ1) is 27.1. The van der Waals surface area contributed by atoms with Crippen LogP contribution in [-0.2, 0) is 18.5 Å². The summed E-state index contributed by atoms with van der Waals surface area (Å²) in [6.45, 7) is 17.4. The third kappa shape index (κ3) is 5.53. The lowest BCUT2D eigenvalue weighted by atomic mass is 9.91. The van der Waals surface area contributed by atoms with Crippen molar-refractivity contribution in [2.45, 2.75) is 103 Å². The number of rotatable bonds is 6. The van der Waals surface area contributed by atoms with Crippen LogP contribution in [0.25, 0.3) is 0 Å². The van der Waals surface area contributed by atoms with E-state index in [4.69, 9.17) is 9.16 Å². The van der Waals surface area contributed by atoms with Crippen LogP contribution in [0.15, 0.2) is 11.9 Å². The van der Waals surface area contributed by atoms with Crippen LogP contribution in [0, 0.1) is 17.8 Å². The van der Waals surface area contributed by atoms with Crippen molar-refractivity contribution in [3.8, 4) is 0 Å². The topological polar surface area (TPSA) is 59.1 Å². The number of hydrogen-bond acceptors (Lipinski definition) is 4. The van der Waals surface area contributed by atoms with E-state index in [-0.39, 0.29) is 28.8 Å². The summed E-state index contributed by atoms with van der Waals surface area (Å²) in [5, 5.41) is 0.116. The van der Waals surface area contributed by atoms with Crippen molar-refractivity contribution in [3.05, 3.63) is 11.9 Å². The minimum atomic E-state index is -2.77. The lowest BCUT2D eigenvalue weighted by Gasteiger charge is -2.36. The standard InChI is InChI=1S/C25H47N2O4PSi/c1-24(2,3)31-23(28)22-18(19(22)17-30-33(9,10)25(4,5)6)15-16-32(29)26(7)20-13-11-12-14-21(20)27(32)8/h15-16,18-22H,11-14,17H2,1-10H3/b16-15+/t18-,19+,20-,21-,22+/m1/s1. The Bertz CT molecular complexity index is 794. The Kier molecular flexibility index (Phi) is 7.56. The van der Waals surface area contributed by atoms with Gasteiger partial charge in [-0.15, -0.1) is 0 Å². The highest BCUT2D eigenvalue weighted by molar-refractivity contribution is 7.62. The van der Waals surface area contributed by atoms with Gasteiger partial charge in [-0.05, 0) is 71.8 Å². The van der Waals surface area contributed by atoms with E-state index in [0.29, 0.717) is 18.7 Å².